The molecule has 48 heavy (non-hydrogen) atoms. The van der Waals surface area contributed by atoms with Crippen LogP contribution < -0.4 is 0 Å². The van der Waals surface area contributed by atoms with Crippen LogP contribution >= 0.6 is 0 Å². The molecule has 0 bridgehead atoms. The van der Waals surface area contributed by atoms with Crippen molar-refractivity contribution in [1.29, 1.82) is 0 Å². The fourth-order valence-electron chi connectivity index (χ4n) is 5.04. The predicted octanol–water partition coefficient (Wildman–Crippen LogP) is 12.2. The number of hydrogen-bond acceptors (Lipinski definition) is 5. The van der Waals surface area contributed by atoms with Crippen molar-refractivity contribution in [3.8, 4) is 0 Å². The maximum atomic E-state index is 12.2. The molecule has 0 aliphatic carbocycles. The van der Waals surface area contributed by atoms with Crippen LogP contribution in [0.5, 0.6) is 0 Å². The highest BCUT2D eigenvalue weighted by Gasteiger charge is 2.16. The Morgan fingerprint density at radius 3 is 1.35 bits per heavy atom. The van der Waals surface area contributed by atoms with Gasteiger partial charge in [-0.2, -0.15) is 0 Å². The molecule has 5 nitrogen and oxygen atoms in total. The van der Waals surface area contributed by atoms with Crippen LogP contribution in [0.2, 0.25) is 0 Å². The number of esters is 2. The molecule has 0 aliphatic heterocycles. The minimum absolute atomic E-state index is 0.0837. The summed E-state index contributed by atoms with van der Waals surface area (Å²) in [5.74, 6) is -0.634. The molecule has 274 valence electrons. The molecule has 0 heterocycles. The second-order valence-corrected chi connectivity index (χ2v) is 12.6. The third-order valence-corrected chi connectivity index (χ3v) is 7.98. The number of aliphatic hydroxyl groups is 1. The maximum Gasteiger partial charge on any atom is 0.306 e. The van der Waals surface area contributed by atoms with Crippen LogP contribution in [0, 0.1) is 0 Å². The number of hydrogen-bond donors (Lipinski definition) is 1. The lowest BCUT2D eigenvalue weighted by Crippen LogP contribution is -2.28. The molecule has 0 spiro atoms. The smallest absolute Gasteiger partial charge is 0.306 e. The Bertz CT molecular complexity index is 895. The van der Waals surface area contributed by atoms with Crippen molar-refractivity contribution in [3.63, 3.8) is 0 Å². The zero-order chi connectivity index (χ0) is 35.0. The highest BCUT2D eigenvalue weighted by Crippen LogP contribution is 2.12. The number of rotatable bonds is 34. The molecule has 0 rings (SSSR count). The first-order valence-electron chi connectivity index (χ1n) is 19.5. The molecule has 0 radical (unpaired) electrons. The molecule has 0 aromatic rings. The largest absolute Gasteiger partial charge is 0.462 e. The van der Waals surface area contributed by atoms with Crippen LogP contribution in [0.3, 0.4) is 0 Å². The Kier molecular flexibility index (Phi) is 36.6. The lowest BCUT2D eigenvalue weighted by molar-refractivity contribution is -0.161. The first-order chi connectivity index (χ1) is 23.6. The number of allylic oxidation sites excluding steroid dienone is 12. The molecule has 5 heteroatoms. The Hall–Kier alpha value is -2.66. The van der Waals surface area contributed by atoms with Gasteiger partial charge in [0.2, 0.25) is 0 Å². The first-order valence-corrected chi connectivity index (χ1v) is 19.5. The van der Waals surface area contributed by atoms with Gasteiger partial charge in [0.25, 0.3) is 0 Å². The molecule has 1 unspecified atom stereocenters. The van der Waals surface area contributed by atoms with Crippen molar-refractivity contribution in [3.05, 3.63) is 72.9 Å². The summed E-state index contributed by atoms with van der Waals surface area (Å²) in [5.41, 5.74) is 0. The number of unbranched alkanes of at least 4 members (excludes halogenated alkanes) is 14. The fourth-order valence-corrected chi connectivity index (χ4v) is 5.04. The van der Waals surface area contributed by atoms with Crippen LogP contribution in [0.4, 0.5) is 0 Å². The van der Waals surface area contributed by atoms with Crippen molar-refractivity contribution in [2.24, 2.45) is 0 Å². The summed E-state index contributed by atoms with van der Waals surface area (Å²) >= 11 is 0. The topological polar surface area (TPSA) is 72.8 Å². The van der Waals surface area contributed by atoms with Gasteiger partial charge in [0.15, 0.2) is 6.10 Å². The summed E-state index contributed by atoms with van der Waals surface area (Å²) in [6, 6.07) is 0. The number of aliphatic hydroxyl groups excluding tert-OH is 1. The first kappa shape index (κ1) is 45.3. The molecule has 0 aromatic heterocycles. The van der Waals surface area contributed by atoms with Gasteiger partial charge in [-0.05, 0) is 83.5 Å². The summed E-state index contributed by atoms with van der Waals surface area (Å²) in [6.07, 6.45) is 51.0. The van der Waals surface area contributed by atoms with Gasteiger partial charge >= 0.3 is 11.9 Å². The highest BCUT2D eigenvalue weighted by atomic mass is 16.6. The molecule has 0 aromatic carbocycles. The van der Waals surface area contributed by atoms with Crippen LogP contribution in [0.1, 0.15) is 168 Å². The second-order valence-electron chi connectivity index (χ2n) is 12.6. The Balaban J connectivity index is 3.64. The average Bonchev–Trinajstić information content (AvgIpc) is 3.09. The van der Waals surface area contributed by atoms with Gasteiger partial charge in [-0.15, -0.1) is 0 Å². The van der Waals surface area contributed by atoms with Gasteiger partial charge in [0, 0.05) is 12.8 Å². The Morgan fingerprint density at radius 2 is 0.896 bits per heavy atom. The summed E-state index contributed by atoms with van der Waals surface area (Å²) in [6.45, 7) is 3.96. The van der Waals surface area contributed by atoms with E-state index in [0.717, 1.165) is 89.9 Å². The standard InChI is InChI=1S/C43H72O5/c1-3-5-7-9-11-13-15-17-19-21-23-25-27-29-31-33-35-37-42(45)47-40-41(39-44)48-43(46)38-36-34-32-30-28-26-24-22-20-18-16-14-12-10-8-6-4-2/h6,8,11-14,17-20,24,26,41,44H,3-5,7,9-10,15-16,21-23,25,27-40H2,1-2H3/b8-6-,13-11-,14-12-,19-17-,20-18-,26-24-. The minimum atomic E-state index is -0.790. The van der Waals surface area contributed by atoms with Crippen molar-refractivity contribution in [2.75, 3.05) is 13.2 Å². The normalized spacial score (nSPS) is 13.0. The molecule has 0 amide bonds. The third-order valence-electron chi connectivity index (χ3n) is 7.98. The molecular formula is C43H72O5. The zero-order valence-electron chi connectivity index (χ0n) is 31.0. The number of carbonyl (C=O) groups is 2. The summed E-state index contributed by atoms with van der Waals surface area (Å²) in [7, 11) is 0. The van der Waals surface area contributed by atoms with Gasteiger partial charge < -0.3 is 14.6 Å². The fraction of sp³-hybridized carbons (Fsp3) is 0.674. The van der Waals surface area contributed by atoms with Gasteiger partial charge in [-0.25, -0.2) is 0 Å². The lowest BCUT2D eigenvalue weighted by Gasteiger charge is -2.15. The van der Waals surface area contributed by atoms with E-state index in [1.165, 1.54) is 51.4 Å². The molecular weight excluding hydrogens is 596 g/mol. The average molecular weight is 669 g/mol. The van der Waals surface area contributed by atoms with Gasteiger partial charge in [-0.3, -0.25) is 9.59 Å². The molecule has 0 saturated heterocycles. The monoisotopic (exact) mass is 669 g/mol. The van der Waals surface area contributed by atoms with Gasteiger partial charge in [-0.1, -0.05) is 145 Å². The van der Waals surface area contributed by atoms with E-state index in [9.17, 15) is 14.7 Å². The van der Waals surface area contributed by atoms with Crippen LogP contribution in [0.15, 0.2) is 72.9 Å². The highest BCUT2D eigenvalue weighted by molar-refractivity contribution is 5.70. The molecule has 1 N–H and O–H groups in total. The molecule has 1 atom stereocenters. The van der Waals surface area contributed by atoms with E-state index >= 15 is 0 Å². The zero-order valence-corrected chi connectivity index (χ0v) is 31.0. The second kappa shape index (κ2) is 38.8. The van der Waals surface area contributed by atoms with Crippen molar-refractivity contribution in [2.45, 2.75) is 174 Å². The maximum absolute atomic E-state index is 12.2. The SMILES string of the molecule is CC/C=C\C/C=C\C/C=C\C/C=C\CCCCCCC(=O)OC(CO)COC(=O)CCCCCCCCC/C=C\C/C=C\CCCCC. The van der Waals surface area contributed by atoms with E-state index in [2.05, 4.69) is 86.8 Å². The van der Waals surface area contributed by atoms with Crippen molar-refractivity contribution < 1.29 is 24.2 Å². The van der Waals surface area contributed by atoms with E-state index in [1.807, 2.05) is 0 Å². The quantitative estimate of drug-likeness (QED) is 0.0420. The number of carbonyl (C=O) groups excluding carboxylic acids is 2. The van der Waals surface area contributed by atoms with Gasteiger partial charge in [0.1, 0.15) is 6.61 Å². The van der Waals surface area contributed by atoms with E-state index in [0.29, 0.717) is 12.8 Å². The van der Waals surface area contributed by atoms with Crippen molar-refractivity contribution >= 4 is 11.9 Å². The van der Waals surface area contributed by atoms with E-state index < -0.39 is 6.10 Å². The third kappa shape index (κ3) is 36.2. The van der Waals surface area contributed by atoms with E-state index in [1.54, 1.807) is 0 Å². The molecule has 0 fully saturated rings. The number of ether oxygens (including phenoxy) is 2. The minimum Gasteiger partial charge on any atom is -0.462 e. The molecule has 0 saturated carbocycles. The van der Waals surface area contributed by atoms with E-state index in [-0.39, 0.29) is 25.2 Å². The summed E-state index contributed by atoms with van der Waals surface area (Å²) < 4.78 is 10.6. The van der Waals surface area contributed by atoms with Crippen LogP contribution in [0.25, 0.3) is 0 Å². The predicted molar refractivity (Wildman–Crippen MR) is 205 cm³/mol. The Labute approximate surface area is 295 Å². The van der Waals surface area contributed by atoms with Crippen LogP contribution in [-0.2, 0) is 19.1 Å². The van der Waals surface area contributed by atoms with E-state index in [4.69, 9.17) is 9.47 Å². The van der Waals surface area contributed by atoms with Crippen molar-refractivity contribution in [1.82, 2.24) is 0 Å². The molecule has 0 aliphatic rings. The van der Waals surface area contributed by atoms with Gasteiger partial charge in [0.05, 0.1) is 6.61 Å². The summed E-state index contributed by atoms with van der Waals surface area (Å²) in [5, 5.41) is 9.55. The lowest BCUT2D eigenvalue weighted by atomic mass is 10.1. The Morgan fingerprint density at radius 1 is 0.500 bits per heavy atom. The van der Waals surface area contributed by atoms with Crippen LogP contribution in [-0.4, -0.2) is 36.4 Å². The summed E-state index contributed by atoms with van der Waals surface area (Å²) in [4.78, 5) is 24.2.